The maximum atomic E-state index is 8.89. The largest absolute Gasteiger partial charge is 0.392 e. The van der Waals surface area contributed by atoms with Crippen molar-refractivity contribution >= 4 is 0 Å². The van der Waals surface area contributed by atoms with E-state index in [1.165, 1.54) is 6.42 Å². The minimum atomic E-state index is -0.200. The normalized spacial score (nSPS) is 33.9. The van der Waals surface area contributed by atoms with E-state index < -0.39 is 0 Å². The third kappa shape index (κ3) is 2.67. The van der Waals surface area contributed by atoms with Crippen molar-refractivity contribution < 1.29 is 5.11 Å². The number of nitrogens with one attached hydrogen (secondary N) is 1. The zero-order valence-corrected chi connectivity index (χ0v) is 6.80. The molecule has 0 aromatic carbocycles. The van der Waals surface area contributed by atoms with Crippen LogP contribution in [0.2, 0.25) is 0 Å². The summed E-state index contributed by atoms with van der Waals surface area (Å²) in [5.41, 5.74) is 0. The standard InChI is InChI=1S/C8H17NO/c1-6-3-8(6)5-9-4-7(2)10/h6-10H,3-5H2,1-2H3. The monoisotopic (exact) mass is 143 g/mol. The molecule has 2 heteroatoms. The average Bonchev–Trinajstić information content (AvgIpc) is 2.46. The van der Waals surface area contributed by atoms with Gasteiger partial charge in [0.05, 0.1) is 6.10 Å². The van der Waals surface area contributed by atoms with Crippen LogP contribution in [0.4, 0.5) is 0 Å². The van der Waals surface area contributed by atoms with Gasteiger partial charge in [0, 0.05) is 6.54 Å². The Kier molecular flexibility index (Phi) is 2.69. The Balaban J connectivity index is 1.87. The summed E-state index contributed by atoms with van der Waals surface area (Å²) in [7, 11) is 0. The number of hydrogen-bond acceptors (Lipinski definition) is 2. The first-order valence-corrected chi connectivity index (χ1v) is 4.09. The van der Waals surface area contributed by atoms with Crippen molar-refractivity contribution in [3.63, 3.8) is 0 Å². The number of rotatable bonds is 4. The van der Waals surface area contributed by atoms with Crippen LogP contribution in [-0.2, 0) is 0 Å². The van der Waals surface area contributed by atoms with E-state index in [2.05, 4.69) is 12.2 Å². The molecule has 0 aliphatic heterocycles. The lowest BCUT2D eigenvalue weighted by atomic mass is 10.3. The minimum Gasteiger partial charge on any atom is -0.392 e. The molecule has 3 atom stereocenters. The second-order valence-electron chi connectivity index (χ2n) is 3.48. The van der Waals surface area contributed by atoms with E-state index in [9.17, 15) is 0 Å². The molecule has 1 aliphatic carbocycles. The first-order chi connectivity index (χ1) is 4.70. The smallest absolute Gasteiger partial charge is 0.0636 e. The maximum absolute atomic E-state index is 8.89. The SMILES string of the molecule is CC(O)CNCC1CC1C. The molecule has 0 saturated heterocycles. The molecule has 60 valence electrons. The van der Waals surface area contributed by atoms with Gasteiger partial charge in [0.1, 0.15) is 0 Å². The fraction of sp³-hybridized carbons (Fsp3) is 1.00. The van der Waals surface area contributed by atoms with Crippen LogP contribution >= 0.6 is 0 Å². The number of aliphatic hydroxyl groups excluding tert-OH is 1. The van der Waals surface area contributed by atoms with Gasteiger partial charge in [0.15, 0.2) is 0 Å². The van der Waals surface area contributed by atoms with Gasteiger partial charge in [0.25, 0.3) is 0 Å². The Bertz CT molecular complexity index is 103. The Morgan fingerprint density at radius 2 is 2.30 bits per heavy atom. The van der Waals surface area contributed by atoms with Crippen molar-refractivity contribution in [2.45, 2.75) is 26.4 Å². The fourth-order valence-electron chi connectivity index (χ4n) is 1.16. The van der Waals surface area contributed by atoms with Gasteiger partial charge in [-0.15, -0.1) is 0 Å². The Hall–Kier alpha value is -0.0800. The van der Waals surface area contributed by atoms with E-state index in [0.29, 0.717) is 0 Å². The van der Waals surface area contributed by atoms with Crippen LogP contribution < -0.4 is 5.32 Å². The summed E-state index contributed by atoms with van der Waals surface area (Å²) in [6.07, 6.45) is 1.17. The Labute approximate surface area is 62.6 Å². The molecule has 2 N–H and O–H groups in total. The molecule has 0 bridgehead atoms. The summed E-state index contributed by atoms with van der Waals surface area (Å²) >= 11 is 0. The van der Waals surface area contributed by atoms with Crippen LogP contribution in [0.1, 0.15) is 20.3 Å². The van der Waals surface area contributed by atoms with Gasteiger partial charge in [-0.3, -0.25) is 0 Å². The van der Waals surface area contributed by atoms with Crippen LogP contribution in [0.25, 0.3) is 0 Å². The molecule has 1 rings (SSSR count). The molecule has 0 heterocycles. The molecule has 0 spiro atoms. The van der Waals surface area contributed by atoms with Gasteiger partial charge in [-0.25, -0.2) is 0 Å². The molecule has 3 unspecified atom stereocenters. The fourth-order valence-corrected chi connectivity index (χ4v) is 1.16. The third-order valence-corrected chi connectivity index (χ3v) is 2.12. The summed E-state index contributed by atoms with van der Waals surface area (Å²) in [5, 5.41) is 12.1. The van der Waals surface area contributed by atoms with Gasteiger partial charge < -0.3 is 10.4 Å². The highest BCUT2D eigenvalue weighted by Crippen LogP contribution is 2.36. The molecule has 1 saturated carbocycles. The van der Waals surface area contributed by atoms with Crippen LogP contribution in [0.3, 0.4) is 0 Å². The lowest BCUT2D eigenvalue weighted by Crippen LogP contribution is -2.26. The molecular formula is C8H17NO. The minimum absolute atomic E-state index is 0.200. The van der Waals surface area contributed by atoms with Gasteiger partial charge in [-0.1, -0.05) is 6.92 Å². The van der Waals surface area contributed by atoms with Crippen molar-refractivity contribution in [3.05, 3.63) is 0 Å². The van der Waals surface area contributed by atoms with Crippen molar-refractivity contribution in [1.29, 1.82) is 0 Å². The molecule has 0 amide bonds. The van der Waals surface area contributed by atoms with Crippen molar-refractivity contribution in [3.8, 4) is 0 Å². The Morgan fingerprint density at radius 3 is 2.70 bits per heavy atom. The van der Waals surface area contributed by atoms with Crippen LogP contribution in [0.5, 0.6) is 0 Å². The lowest BCUT2D eigenvalue weighted by Gasteiger charge is -2.04. The van der Waals surface area contributed by atoms with Crippen LogP contribution in [0, 0.1) is 11.8 Å². The van der Waals surface area contributed by atoms with Crippen molar-refractivity contribution in [2.75, 3.05) is 13.1 Å². The quantitative estimate of drug-likeness (QED) is 0.604. The van der Waals surface area contributed by atoms with Crippen LogP contribution in [0.15, 0.2) is 0 Å². The summed E-state index contributed by atoms with van der Waals surface area (Å²) in [4.78, 5) is 0. The third-order valence-electron chi connectivity index (χ3n) is 2.12. The van der Waals surface area contributed by atoms with E-state index in [-0.39, 0.29) is 6.10 Å². The highest BCUT2D eigenvalue weighted by Gasteiger charge is 2.31. The van der Waals surface area contributed by atoms with Gasteiger partial charge in [0.2, 0.25) is 0 Å². The molecule has 10 heavy (non-hydrogen) atoms. The van der Waals surface area contributed by atoms with E-state index >= 15 is 0 Å². The molecular weight excluding hydrogens is 126 g/mol. The average molecular weight is 143 g/mol. The van der Waals surface area contributed by atoms with Gasteiger partial charge >= 0.3 is 0 Å². The molecule has 1 fully saturated rings. The summed E-state index contributed by atoms with van der Waals surface area (Å²) < 4.78 is 0. The second-order valence-corrected chi connectivity index (χ2v) is 3.48. The van der Waals surface area contributed by atoms with E-state index in [4.69, 9.17) is 5.11 Å². The van der Waals surface area contributed by atoms with Crippen molar-refractivity contribution in [1.82, 2.24) is 5.32 Å². The molecule has 2 nitrogen and oxygen atoms in total. The summed E-state index contributed by atoms with van der Waals surface area (Å²) in [6, 6.07) is 0. The first kappa shape index (κ1) is 8.02. The maximum Gasteiger partial charge on any atom is 0.0636 e. The Morgan fingerprint density at radius 1 is 1.70 bits per heavy atom. The van der Waals surface area contributed by atoms with Gasteiger partial charge in [-0.05, 0) is 31.7 Å². The predicted molar refractivity (Wildman–Crippen MR) is 41.8 cm³/mol. The number of hydrogen-bond donors (Lipinski definition) is 2. The highest BCUT2D eigenvalue weighted by atomic mass is 16.3. The molecule has 1 aliphatic rings. The van der Waals surface area contributed by atoms with Crippen LogP contribution in [-0.4, -0.2) is 24.3 Å². The molecule has 0 radical (unpaired) electrons. The zero-order valence-electron chi connectivity index (χ0n) is 6.80. The summed E-state index contributed by atoms with van der Waals surface area (Å²) in [6.45, 7) is 5.91. The van der Waals surface area contributed by atoms with E-state index in [0.717, 1.165) is 24.9 Å². The van der Waals surface area contributed by atoms with Crippen molar-refractivity contribution in [2.24, 2.45) is 11.8 Å². The lowest BCUT2D eigenvalue weighted by molar-refractivity contribution is 0.191. The first-order valence-electron chi connectivity index (χ1n) is 4.09. The molecule has 0 aromatic rings. The van der Waals surface area contributed by atoms with Gasteiger partial charge in [-0.2, -0.15) is 0 Å². The second kappa shape index (κ2) is 3.35. The predicted octanol–water partition coefficient (Wildman–Crippen LogP) is 0.613. The number of aliphatic hydroxyl groups is 1. The highest BCUT2D eigenvalue weighted by molar-refractivity contribution is 4.83. The zero-order chi connectivity index (χ0) is 7.56. The topological polar surface area (TPSA) is 32.3 Å². The van der Waals surface area contributed by atoms with E-state index in [1.807, 2.05) is 6.92 Å². The molecule has 0 aromatic heterocycles. The summed E-state index contributed by atoms with van der Waals surface area (Å²) in [5.74, 6) is 1.81. The van der Waals surface area contributed by atoms with E-state index in [1.54, 1.807) is 0 Å².